The lowest BCUT2D eigenvalue weighted by Gasteiger charge is -2.09. The molecular formula is C14H14ClNO2S. The van der Waals surface area contributed by atoms with Crippen molar-refractivity contribution in [2.45, 2.75) is 13.8 Å². The van der Waals surface area contributed by atoms with E-state index in [0.29, 0.717) is 27.9 Å². The number of carbonyl (C=O) groups excluding carboxylic acids is 1. The van der Waals surface area contributed by atoms with Crippen LogP contribution < -0.4 is 10.1 Å². The molecule has 1 aromatic carbocycles. The standard InChI is InChI=1S/C14H14ClNO2S/c1-3-18-12-5-4-10(8-11(12)15)16-14(17)13-9(2)6-7-19-13/h4-8H,3H2,1-2H3,(H,16,17). The Labute approximate surface area is 121 Å². The molecule has 19 heavy (non-hydrogen) atoms. The van der Waals surface area contributed by atoms with Crippen LogP contribution in [-0.4, -0.2) is 12.5 Å². The predicted octanol–water partition coefficient (Wildman–Crippen LogP) is 4.36. The molecule has 0 atom stereocenters. The van der Waals surface area contributed by atoms with Crippen LogP contribution in [0.4, 0.5) is 5.69 Å². The van der Waals surface area contributed by atoms with Crippen molar-refractivity contribution < 1.29 is 9.53 Å². The van der Waals surface area contributed by atoms with Gasteiger partial charge in [-0.3, -0.25) is 4.79 Å². The number of anilines is 1. The summed E-state index contributed by atoms with van der Waals surface area (Å²) in [6.07, 6.45) is 0. The summed E-state index contributed by atoms with van der Waals surface area (Å²) in [7, 11) is 0. The van der Waals surface area contributed by atoms with Crippen molar-refractivity contribution in [3.05, 3.63) is 45.1 Å². The number of thiophene rings is 1. The van der Waals surface area contributed by atoms with Gasteiger partial charge in [0.05, 0.1) is 16.5 Å². The smallest absolute Gasteiger partial charge is 0.265 e. The first-order valence-corrected chi connectivity index (χ1v) is 7.15. The Morgan fingerprint density at radius 1 is 1.42 bits per heavy atom. The molecule has 0 spiro atoms. The summed E-state index contributed by atoms with van der Waals surface area (Å²) in [5, 5.41) is 5.21. The van der Waals surface area contributed by atoms with Gasteiger partial charge in [0.1, 0.15) is 5.75 Å². The highest BCUT2D eigenvalue weighted by atomic mass is 35.5. The zero-order valence-electron chi connectivity index (χ0n) is 10.7. The van der Waals surface area contributed by atoms with E-state index in [-0.39, 0.29) is 5.91 Å². The fourth-order valence-corrected chi connectivity index (χ4v) is 2.70. The van der Waals surface area contributed by atoms with Crippen LogP contribution in [0.25, 0.3) is 0 Å². The SMILES string of the molecule is CCOc1ccc(NC(=O)c2sccc2C)cc1Cl. The first-order valence-electron chi connectivity index (χ1n) is 5.89. The third-order valence-electron chi connectivity index (χ3n) is 2.56. The topological polar surface area (TPSA) is 38.3 Å². The lowest BCUT2D eigenvalue weighted by atomic mass is 10.2. The van der Waals surface area contributed by atoms with Gasteiger partial charge < -0.3 is 10.1 Å². The third-order valence-corrected chi connectivity index (χ3v) is 3.87. The van der Waals surface area contributed by atoms with Gasteiger partial charge in [0.15, 0.2) is 0 Å². The van der Waals surface area contributed by atoms with Crippen molar-refractivity contribution in [2.75, 3.05) is 11.9 Å². The highest BCUT2D eigenvalue weighted by Crippen LogP contribution is 2.28. The minimum Gasteiger partial charge on any atom is -0.492 e. The maximum atomic E-state index is 12.0. The Morgan fingerprint density at radius 2 is 2.21 bits per heavy atom. The van der Waals surface area contributed by atoms with E-state index in [2.05, 4.69) is 5.32 Å². The molecule has 0 aliphatic carbocycles. The largest absolute Gasteiger partial charge is 0.492 e. The summed E-state index contributed by atoms with van der Waals surface area (Å²) in [4.78, 5) is 12.8. The van der Waals surface area contributed by atoms with Gasteiger partial charge in [-0.15, -0.1) is 11.3 Å². The maximum absolute atomic E-state index is 12.0. The maximum Gasteiger partial charge on any atom is 0.265 e. The van der Waals surface area contributed by atoms with Crippen LogP contribution in [0.3, 0.4) is 0 Å². The highest BCUT2D eigenvalue weighted by molar-refractivity contribution is 7.12. The van der Waals surface area contributed by atoms with Gasteiger partial charge in [-0.25, -0.2) is 0 Å². The van der Waals surface area contributed by atoms with Crippen molar-refractivity contribution in [2.24, 2.45) is 0 Å². The monoisotopic (exact) mass is 295 g/mol. The Kier molecular flexibility index (Phi) is 4.45. The summed E-state index contributed by atoms with van der Waals surface area (Å²) in [6.45, 7) is 4.36. The Hall–Kier alpha value is -1.52. The van der Waals surface area contributed by atoms with Gasteiger partial charge in [0, 0.05) is 5.69 Å². The van der Waals surface area contributed by atoms with Crippen molar-refractivity contribution in [3.63, 3.8) is 0 Å². The normalized spacial score (nSPS) is 10.3. The summed E-state index contributed by atoms with van der Waals surface area (Å²) in [6, 6.07) is 7.14. The third kappa shape index (κ3) is 3.28. The van der Waals surface area contributed by atoms with Crippen molar-refractivity contribution in [3.8, 4) is 5.75 Å². The van der Waals surface area contributed by atoms with E-state index in [1.165, 1.54) is 11.3 Å². The number of benzene rings is 1. The zero-order valence-corrected chi connectivity index (χ0v) is 12.3. The molecule has 0 radical (unpaired) electrons. The molecular weight excluding hydrogens is 282 g/mol. The molecule has 3 nitrogen and oxygen atoms in total. The van der Waals surface area contributed by atoms with E-state index in [9.17, 15) is 4.79 Å². The molecule has 5 heteroatoms. The number of nitrogens with one attached hydrogen (secondary N) is 1. The minimum atomic E-state index is -0.118. The Balaban J connectivity index is 2.14. The molecule has 2 aromatic rings. The van der Waals surface area contributed by atoms with Crippen LogP contribution in [0.5, 0.6) is 5.75 Å². The van der Waals surface area contributed by atoms with Gasteiger partial charge >= 0.3 is 0 Å². The van der Waals surface area contributed by atoms with Gasteiger partial charge in [-0.2, -0.15) is 0 Å². The first-order chi connectivity index (χ1) is 9.11. The van der Waals surface area contributed by atoms with E-state index in [1.807, 2.05) is 25.3 Å². The number of aryl methyl sites for hydroxylation is 1. The number of rotatable bonds is 4. The average molecular weight is 296 g/mol. The van der Waals surface area contributed by atoms with Gasteiger partial charge in [0.25, 0.3) is 5.91 Å². The predicted molar refractivity (Wildman–Crippen MR) is 79.6 cm³/mol. The number of hydrogen-bond acceptors (Lipinski definition) is 3. The fraction of sp³-hybridized carbons (Fsp3) is 0.214. The number of halogens is 1. The van der Waals surface area contributed by atoms with Crippen LogP contribution >= 0.6 is 22.9 Å². The molecule has 1 N–H and O–H groups in total. The average Bonchev–Trinajstić information content (AvgIpc) is 2.79. The molecule has 0 unspecified atom stereocenters. The van der Waals surface area contributed by atoms with E-state index in [1.54, 1.807) is 18.2 Å². The molecule has 1 aromatic heterocycles. The summed E-state index contributed by atoms with van der Waals surface area (Å²) >= 11 is 7.50. The van der Waals surface area contributed by atoms with Crippen LogP contribution in [0, 0.1) is 6.92 Å². The van der Waals surface area contributed by atoms with Crippen molar-refractivity contribution >= 4 is 34.5 Å². The first kappa shape index (κ1) is 13.9. The van der Waals surface area contributed by atoms with Crippen molar-refractivity contribution in [1.82, 2.24) is 0 Å². The molecule has 0 saturated heterocycles. The molecule has 0 bridgehead atoms. The molecule has 0 aliphatic heterocycles. The molecule has 1 amide bonds. The Morgan fingerprint density at radius 3 is 2.79 bits per heavy atom. The lowest BCUT2D eigenvalue weighted by Crippen LogP contribution is -2.11. The quantitative estimate of drug-likeness (QED) is 0.910. The van der Waals surface area contributed by atoms with Gasteiger partial charge in [-0.1, -0.05) is 11.6 Å². The summed E-state index contributed by atoms with van der Waals surface area (Å²) in [5.74, 6) is 0.502. The van der Waals surface area contributed by atoms with E-state index in [4.69, 9.17) is 16.3 Å². The van der Waals surface area contributed by atoms with Gasteiger partial charge in [-0.05, 0) is 49.1 Å². The summed E-state index contributed by atoms with van der Waals surface area (Å²) in [5.41, 5.74) is 1.63. The van der Waals surface area contributed by atoms with E-state index in [0.717, 1.165) is 5.56 Å². The minimum absolute atomic E-state index is 0.118. The molecule has 2 rings (SSSR count). The number of carbonyl (C=O) groups is 1. The Bertz CT molecular complexity index is 595. The fourth-order valence-electron chi connectivity index (χ4n) is 1.64. The van der Waals surface area contributed by atoms with Crippen LogP contribution in [0.2, 0.25) is 5.02 Å². The summed E-state index contributed by atoms with van der Waals surface area (Å²) < 4.78 is 5.35. The van der Waals surface area contributed by atoms with E-state index >= 15 is 0 Å². The van der Waals surface area contributed by atoms with Crippen LogP contribution in [-0.2, 0) is 0 Å². The van der Waals surface area contributed by atoms with Crippen LogP contribution in [0.1, 0.15) is 22.2 Å². The highest BCUT2D eigenvalue weighted by Gasteiger charge is 2.11. The second-order valence-corrected chi connectivity index (χ2v) is 5.29. The molecule has 0 fully saturated rings. The molecule has 100 valence electrons. The second kappa shape index (κ2) is 6.08. The second-order valence-electron chi connectivity index (χ2n) is 3.97. The molecule has 0 saturated carbocycles. The van der Waals surface area contributed by atoms with E-state index < -0.39 is 0 Å². The zero-order chi connectivity index (χ0) is 13.8. The number of amides is 1. The van der Waals surface area contributed by atoms with Crippen LogP contribution in [0.15, 0.2) is 29.6 Å². The number of ether oxygens (including phenoxy) is 1. The molecule has 0 aliphatic rings. The number of hydrogen-bond donors (Lipinski definition) is 1. The van der Waals surface area contributed by atoms with Gasteiger partial charge in [0.2, 0.25) is 0 Å². The lowest BCUT2D eigenvalue weighted by molar-refractivity contribution is 0.103. The molecule has 1 heterocycles. The van der Waals surface area contributed by atoms with Crippen molar-refractivity contribution in [1.29, 1.82) is 0 Å².